The van der Waals surface area contributed by atoms with E-state index < -0.39 is 12.0 Å². The number of hydrogen-bond donors (Lipinski definition) is 1. The summed E-state index contributed by atoms with van der Waals surface area (Å²) in [5.41, 5.74) is 1.96. The van der Waals surface area contributed by atoms with E-state index in [0.29, 0.717) is 26.2 Å². The van der Waals surface area contributed by atoms with Gasteiger partial charge >= 0.3 is 5.97 Å². The fourth-order valence-corrected chi connectivity index (χ4v) is 3.00. The van der Waals surface area contributed by atoms with E-state index in [4.69, 9.17) is 0 Å². The van der Waals surface area contributed by atoms with E-state index in [1.54, 1.807) is 11.8 Å². The van der Waals surface area contributed by atoms with Gasteiger partial charge in [-0.05, 0) is 24.0 Å². The van der Waals surface area contributed by atoms with Gasteiger partial charge in [-0.2, -0.15) is 0 Å². The summed E-state index contributed by atoms with van der Waals surface area (Å²) in [7, 11) is 0. The number of benzene rings is 1. The lowest BCUT2D eigenvalue weighted by Crippen LogP contribution is -2.38. The lowest BCUT2D eigenvalue weighted by Gasteiger charge is -2.28. The topological polar surface area (TPSA) is 60.9 Å². The Morgan fingerprint density at radius 2 is 2.00 bits per heavy atom. The van der Waals surface area contributed by atoms with Crippen LogP contribution in [0.3, 0.4) is 0 Å². The van der Waals surface area contributed by atoms with Crippen molar-refractivity contribution in [2.75, 3.05) is 26.2 Å². The van der Waals surface area contributed by atoms with Gasteiger partial charge in [-0.3, -0.25) is 14.5 Å². The monoisotopic (exact) mass is 304 g/mol. The molecule has 0 radical (unpaired) electrons. The van der Waals surface area contributed by atoms with E-state index in [1.165, 1.54) is 0 Å². The third kappa shape index (κ3) is 3.85. The Morgan fingerprint density at radius 1 is 1.23 bits per heavy atom. The molecule has 1 aliphatic rings. The quantitative estimate of drug-likeness (QED) is 0.923. The highest BCUT2D eigenvalue weighted by Crippen LogP contribution is 2.24. The maximum Gasteiger partial charge on any atom is 0.325 e. The molecule has 0 aliphatic carbocycles. The van der Waals surface area contributed by atoms with Crippen LogP contribution in [0, 0.1) is 0 Å². The second kappa shape index (κ2) is 7.40. The van der Waals surface area contributed by atoms with Gasteiger partial charge in [0.1, 0.15) is 6.04 Å². The molecule has 5 nitrogen and oxygen atoms in total. The number of carbonyl (C=O) groups is 2. The molecular formula is C17H24N2O3. The molecule has 1 atom stereocenters. The van der Waals surface area contributed by atoms with Crippen LogP contribution in [0.1, 0.15) is 37.4 Å². The SMILES string of the molecule is CCc1cccc(C(C(=O)O)N2CCCN(C(C)=O)CC2)c1. The molecule has 0 spiro atoms. The molecule has 5 heteroatoms. The van der Waals surface area contributed by atoms with E-state index in [2.05, 4.69) is 6.92 Å². The molecule has 1 amide bonds. The van der Waals surface area contributed by atoms with Crippen molar-refractivity contribution in [1.82, 2.24) is 9.80 Å². The standard InChI is InChI=1S/C17H24N2O3/c1-3-14-6-4-7-15(12-14)16(17(21)22)19-9-5-8-18(10-11-19)13(2)20/h4,6-7,12,16H,3,5,8-11H2,1-2H3,(H,21,22). The van der Waals surface area contributed by atoms with Gasteiger partial charge in [-0.15, -0.1) is 0 Å². The second-order valence-electron chi connectivity index (χ2n) is 5.73. The zero-order valence-electron chi connectivity index (χ0n) is 13.3. The fraction of sp³-hybridized carbons (Fsp3) is 0.529. The van der Waals surface area contributed by atoms with Gasteiger partial charge in [0, 0.05) is 33.1 Å². The van der Waals surface area contributed by atoms with Crippen molar-refractivity contribution in [2.24, 2.45) is 0 Å². The molecule has 1 saturated heterocycles. The largest absolute Gasteiger partial charge is 0.480 e. The molecule has 0 saturated carbocycles. The van der Waals surface area contributed by atoms with Crippen molar-refractivity contribution in [3.63, 3.8) is 0 Å². The zero-order valence-corrected chi connectivity index (χ0v) is 13.3. The summed E-state index contributed by atoms with van der Waals surface area (Å²) in [5.74, 6) is -0.772. The number of aryl methyl sites for hydroxylation is 1. The van der Waals surface area contributed by atoms with Crippen LogP contribution in [-0.2, 0) is 16.0 Å². The summed E-state index contributed by atoms with van der Waals surface area (Å²) in [4.78, 5) is 27.1. The Labute approximate surface area is 131 Å². The van der Waals surface area contributed by atoms with E-state index >= 15 is 0 Å². The predicted molar refractivity (Wildman–Crippen MR) is 84.6 cm³/mol. The van der Waals surface area contributed by atoms with Gasteiger partial charge in [-0.25, -0.2) is 0 Å². The maximum atomic E-state index is 11.8. The number of carboxylic acids is 1. The van der Waals surface area contributed by atoms with Gasteiger partial charge in [0.15, 0.2) is 0 Å². The first-order valence-corrected chi connectivity index (χ1v) is 7.84. The molecule has 1 fully saturated rings. The summed E-state index contributed by atoms with van der Waals surface area (Å²) >= 11 is 0. The zero-order chi connectivity index (χ0) is 16.1. The van der Waals surface area contributed by atoms with E-state index in [9.17, 15) is 14.7 Å². The van der Waals surface area contributed by atoms with Crippen LogP contribution in [0.25, 0.3) is 0 Å². The normalized spacial score (nSPS) is 17.8. The molecule has 1 aromatic rings. The molecule has 0 bridgehead atoms. The average Bonchev–Trinajstić information content (AvgIpc) is 2.73. The highest BCUT2D eigenvalue weighted by molar-refractivity contribution is 5.76. The first-order valence-electron chi connectivity index (χ1n) is 7.84. The molecule has 1 unspecified atom stereocenters. The molecule has 1 N–H and O–H groups in total. The van der Waals surface area contributed by atoms with Gasteiger partial charge in [0.05, 0.1) is 0 Å². The average molecular weight is 304 g/mol. The molecule has 1 aromatic carbocycles. The minimum absolute atomic E-state index is 0.0571. The number of nitrogens with zero attached hydrogens (tertiary/aromatic N) is 2. The van der Waals surface area contributed by atoms with Gasteiger partial charge in [0.2, 0.25) is 5.91 Å². The first kappa shape index (κ1) is 16.5. The fourth-order valence-electron chi connectivity index (χ4n) is 3.00. The van der Waals surface area contributed by atoms with Crippen LogP contribution in [0.5, 0.6) is 0 Å². The smallest absolute Gasteiger partial charge is 0.325 e. The molecule has 1 aliphatic heterocycles. The first-order chi connectivity index (χ1) is 10.5. The van der Waals surface area contributed by atoms with Crippen molar-refractivity contribution in [1.29, 1.82) is 0 Å². The minimum Gasteiger partial charge on any atom is -0.480 e. The van der Waals surface area contributed by atoms with E-state index in [0.717, 1.165) is 24.0 Å². The van der Waals surface area contributed by atoms with Crippen LogP contribution in [-0.4, -0.2) is 53.0 Å². The highest BCUT2D eigenvalue weighted by atomic mass is 16.4. The molecule has 1 heterocycles. The third-order valence-electron chi connectivity index (χ3n) is 4.25. The van der Waals surface area contributed by atoms with E-state index in [1.807, 2.05) is 29.2 Å². The number of carbonyl (C=O) groups excluding carboxylic acids is 1. The maximum absolute atomic E-state index is 11.8. The molecule has 22 heavy (non-hydrogen) atoms. The Morgan fingerprint density at radius 3 is 2.64 bits per heavy atom. The number of aliphatic carboxylic acids is 1. The third-order valence-corrected chi connectivity index (χ3v) is 4.25. The Balaban J connectivity index is 2.20. The summed E-state index contributed by atoms with van der Waals surface area (Å²) in [6.07, 6.45) is 1.69. The molecule has 2 rings (SSSR count). The van der Waals surface area contributed by atoms with Crippen LogP contribution in [0.2, 0.25) is 0 Å². The Kier molecular flexibility index (Phi) is 5.55. The highest BCUT2D eigenvalue weighted by Gasteiger charge is 2.29. The predicted octanol–water partition coefficient (Wildman–Crippen LogP) is 1.93. The van der Waals surface area contributed by atoms with Gasteiger partial charge in [-0.1, -0.05) is 31.2 Å². The summed E-state index contributed by atoms with van der Waals surface area (Å²) in [5, 5.41) is 9.69. The van der Waals surface area contributed by atoms with Gasteiger partial charge in [0.25, 0.3) is 0 Å². The van der Waals surface area contributed by atoms with Crippen molar-refractivity contribution in [3.8, 4) is 0 Å². The number of carboxylic acid groups (broad SMARTS) is 1. The van der Waals surface area contributed by atoms with Crippen molar-refractivity contribution >= 4 is 11.9 Å². The number of rotatable bonds is 4. The summed E-state index contributed by atoms with van der Waals surface area (Å²) in [6, 6.07) is 7.16. The van der Waals surface area contributed by atoms with Crippen molar-refractivity contribution in [2.45, 2.75) is 32.7 Å². The van der Waals surface area contributed by atoms with Gasteiger partial charge < -0.3 is 10.0 Å². The summed E-state index contributed by atoms with van der Waals surface area (Å²) in [6.45, 7) is 6.20. The minimum atomic E-state index is -0.829. The van der Waals surface area contributed by atoms with Crippen LogP contribution in [0.4, 0.5) is 0 Å². The second-order valence-corrected chi connectivity index (χ2v) is 5.73. The van der Waals surface area contributed by atoms with Crippen molar-refractivity contribution in [3.05, 3.63) is 35.4 Å². The summed E-state index contributed by atoms with van der Waals surface area (Å²) < 4.78 is 0. The van der Waals surface area contributed by atoms with Crippen LogP contribution in [0.15, 0.2) is 24.3 Å². The van der Waals surface area contributed by atoms with Crippen LogP contribution < -0.4 is 0 Å². The van der Waals surface area contributed by atoms with Crippen molar-refractivity contribution < 1.29 is 14.7 Å². The Bertz CT molecular complexity index is 544. The van der Waals surface area contributed by atoms with E-state index in [-0.39, 0.29) is 5.91 Å². The number of amides is 1. The lowest BCUT2D eigenvalue weighted by atomic mass is 10.0. The molecular weight excluding hydrogens is 280 g/mol. The molecule has 120 valence electrons. The van der Waals surface area contributed by atoms with Crippen LogP contribution >= 0.6 is 0 Å². The Hall–Kier alpha value is -1.88. The lowest BCUT2D eigenvalue weighted by molar-refractivity contribution is -0.143. The number of hydrogen-bond acceptors (Lipinski definition) is 3. The molecule has 0 aromatic heterocycles.